The van der Waals surface area contributed by atoms with Crippen molar-refractivity contribution < 1.29 is 9.72 Å². The number of carbonyl (C=O) groups excluding carboxylic acids is 1. The van der Waals surface area contributed by atoms with E-state index in [0.717, 1.165) is 32.5 Å². The first-order chi connectivity index (χ1) is 10.5. The second-order valence-corrected chi connectivity index (χ2v) is 5.40. The topological polar surface area (TPSA) is 75.5 Å². The fourth-order valence-electron chi connectivity index (χ4n) is 2.34. The molecule has 0 spiro atoms. The van der Waals surface area contributed by atoms with Crippen LogP contribution in [0, 0.1) is 17.0 Å². The van der Waals surface area contributed by atoms with Gasteiger partial charge in [-0.2, -0.15) is 0 Å². The first-order valence-electron chi connectivity index (χ1n) is 7.75. The second kappa shape index (κ2) is 9.15. The van der Waals surface area contributed by atoms with Crippen molar-refractivity contribution in [2.24, 2.45) is 0 Å². The third-order valence-corrected chi connectivity index (χ3v) is 3.43. The molecule has 0 saturated heterocycles. The number of nitro groups is 1. The number of nitro benzene ring substituents is 1. The molecule has 1 aromatic rings. The molecule has 122 valence electrons. The van der Waals surface area contributed by atoms with Crippen LogP contribution in [-0.2, 0) is 4.79 Å². The van der Waals surface area contributed by atoms with Crippen molar-refractivity contribution in [2.75, 3.05) is 25.0 Å². The number of benzene rings is 1. The molecular weight excluding hydrogens is 282 g/mol. The van der Waals surface area contributed by atoms with E-state index in [-0.39, 0.29) is 11.6 Å². The number of carbonyl (C=O) groups is 1. The van der Waals surface area contributed by atoms with Gasteiger partial charge in [0.2, 0.25) is 5.91 Å². The molecule has 0 fully saturated rings. The summed E-state index contributed by atoms with van der Waals surface area (Å²) in [5.74, 6) is -0.0610. The minimum absolute atomic E-state index is 0.0348. The van der Waals surface area contributed by atoms with Gasteiger partial charge in [-0.3, -0.25) is 14.9 Å². The highest BCUT2D eigenvalue weighted by atomic mass is 16.6. The van der Waals surface area contributed by atoms with Gasteiger partial charge in [-0.1, -0.05) is 13.8 Å². The molecular formula is C16H25N3O3. The Bertz CT molecular complexity index is 511. The zero-order valence-electron chi connectivity index (χ0n) is 13.6. The van der Waals surface area contributed by atoms with E-state index in [1.807, 2.05) is 0 Å². The Balaban J connectivity index is 2.56. The maximum Gasteiger partial charge on any atom is 0.269 e. The Hall–Kier alpha value is -1.95. The van der Waals surface area contributed by atoms with Crippen molar-refractivity contribution in [3.8, 4) is 0 Å². The average molecular weight is 307 g/mol. The quantitative estimate of drug-likeness (QED) is 0.560. The van der Waals surface area contributed by atoms with Gasteiger partial charge >= 0.3 is 0 Å². The number of hydrogen-bond donors (Lipinski definition) is 1. The highest BCUT2D eigenvalue weighted by molar-refractivity contribution is 5.91. The average Bonchev–Trinajstić information content (AvgIpc) is 2.47. The Kier molecular flexibility index (Phi) is 7.52. The highest BCUT2D eigenvalue weighted by Gasteiger charge is 2.11. The van der Waals surface area contributed by atoms with Crippen molar-refractivity contribution in [3.63, 3.8) is 0 Å². The Labute approximate surface area is 131 Å². The summed E-state index contributed by atoms with van der Waals surface area (Å²) in [6.07, 6.45) is 2.57. The molecule has 0 aliphatic heterocycles. The standard InChI is InChI=1S/C16H25N3O3/c1-4-9-18(10-5-2)11-8-16(20)17-15-7-6-14(19(21)22)12-13(15)3/h6-7,12H,4-5,8-11H2,1-3H3,(H,17,20). The van der Waals surface area contributed by atoms with Gasteiger partial charge in [0, 0.05) is 30.8 Å². The van der Waals surface area contributed by atoms with Crippen molar-refractivity contribution in [1.29, 1.82) is 0 Å². The van der Waals surface area contributed by atoms with Gasteiger partial charge in [0.1, 0.15) is 0 Å². The number of amides is 1. The van der Waals surface area contributed by atoms with E-state index >= 15 is 0 Å². The fourth-order valence-corrected chi connectivity index (χ4v) is 2.34. The van der Waals surface area contributed by atoms with Crippen LogP contribution in [0.3, 0.4) is 0 Å². The third kappa shape index (κ3) is 5.81. The maximum atomic E-state index is 12.0. The molecule has 0 saturated carbocycles. The normalized spacial score (nSPS) is 10.7. The number of hydrogen-bond acceptors (Lipinski definition) is 4. The molecule has 0 radical (unpaired) electrons. The van der Waals surface area contributed by atoms with Gasteiger partial charge in [-0.05, 0) is 44.5 Å². The zero-order chi connectivity index (χ0) is 16.5. The van der Waals surface area contributed by atoms with Crippen LogP contribution in [-0.4, -0.2) is 35.4 Å². The van der Waals surface area contributed by atoms with Crippen LogP contribution in [0.1, 0.15) is 38.7 Å². The Morgan fingerprint density at radius 2 is 1.86 bits per heavy atom. The molecule has 0 aromatic heterocycles. The van der Waals surface area contributed by atoms with Crippen LogP contribution in [0.2, 0.25) is 0 Å². The summed E-state index contributed by atoms with van der Waals surface area (Å²) < 4.78 is 0. The molecule has 1 aromatic carbocycles. The highest BCUT2D eigenvalue weighted by Crippen LogP contribution is 2.21. The van der Waals surface area contributed by atoms with E-state index in [9.17, 15) is 14.9 Å². The van der Waals surface area contributed by atoms with Gasteiger partial charge in [0.25, 0.3) is 5.69 Å². The van der Waals surface area contributed by atoms with Crippen LogP contribution in [0.5, 0.6) is 0 Å². The van der Waals surface area contributed by atoms with Crippen molar-refractivity contribution in [1.82, 2.24) is 4.90 Å². The van der Waals surface area contributed by atoms with Crippen LogP contribution < -0.4 is 5.32 Å². The van der Waals surface area contributed by atoms with Gasteiger partial charge in [-0.25, -0.2) is 0 Å². The molecule has 0 aliphatic carbocycles. The van der Waals surface area contributed by atoms with Gasteiger partial charge in [0.05, 0.1) is 4.92 Å². The van der Waals surface area contributed by atoms with E-state index in [0.29, 0.717) is 17.7 Å². The predicted octanol–water partition coefficient (Wildman–Crippen LogP) is 3.35. The van der Waals surface area contributed by atoms with E-state index in [1.54, 1.807) is 13.0 Å². The first-order valence-corrected chi connectivity index (χ1v) is 7.75. The minimum Gasteiger partial charge on any atom is -0.326 e. The van der Waals surface area contributed by atoms with Gasteiger partial charge < -0.3 is 10.2 Å². The first kappa shape index (κ1) is 18.1. The lowest BCUT2D eigenvalue weighted by Gasteiger charge is -2.20. The molecule has 6 nitrogen and oxygen atoms in total. The lowest BCUT2D eigenvalue weighted by Crippen LogP contribution is -2.29. The Morgan fingerprint density at radius 1 is 1.23 bits per heavy atom. The Morgan fingerprint density at radius 3 is 2.36 bits per heavy atom. The van der Waals surface area contributed by atoms with Gasteiger partial charge in [0.15, 0.2) is 0 Å². The second-order valence-electron chi connectivity index (χ2n) is 5.40. The summed E-state index contributed by atoms with van der Waals surface area (Å²) in [6, 6.07) is 4.46. The number of aryl methyl sites for hydroxylation is 1. The maximum absolute atomic E-state index is 12.0. The van der Waals surface area contributed by atoms with Crippen LogP contribution in [0.4, 0.5) is 11.4 Å². The van der Waals surface area contributed by atoms with E-state index in [1.165, 1.54) is 12.1 Å². The molecule has 1 N–H and O–H groups in total. The minimum atomic E-state index is -0.439. The number of nitrogens with zero attached hydrogens (tertiary/aromatic N) is 2. The summed E-state index contributed by atoms with van der Waals surface area (Å²) in [4.78, 5) is 24.6. The summed E-state index contributed by atoms with van der Waals surface area (Å²) in [6.45, 7) is 8.74. The molecule has 1 rings (SSSR count). The third-order valence-electron chi connectivity index (χ3n) is 3.43. The van der Waals surface area contributed by atoms with E-state index in [2.05, 4.69) is 24.1 Å². The summed E-state index contributed by atoms with van der Waals surface area (Å²) in [7, 11) is 0. The molecule has 6 heteroatoms. The molecule has 0 atom stereocenters. The lowest BCUT2D eigenvalue weighted by atomic mass is 10.1. The summed E-state index contributed by atoms with van der Waals surface area (Å²) in [5, 5.41) is 13.5. The van der Waals surface area contributed by atoms with Crippen molar-refractivity contribution >= 4 is 17.3 Å². The monoisotopic (exact) mass is 307 g/mol. The van der Waals surface area contributed by atoms with Gasteiger partial charge in [-0.15, -0.1) is 0 Å². The molecule has 0 bridgehead atoms. The fraction of sp³-hybridized carbons (Fsp3) is 0.562. The van der Waals surface area contributed by atoms with Crippen molar-refractivity contribution in [2.45, 2.75) is 40.0 Å². The summed E-state index contributed by atoms with van der Waals surface area (Å²) >= 11 is 0. The smallest absolute Gasteiger partial charge is 0.269 e. The van der Waals surface area contributed by atoms with Crippen LogP contribution in [0.15, 0.2) is 18.2 Å². The van der Waals surface area contributed by atoms with Crippen LogP contribution in [0.25, 0.3) is 0 Å². The van der Waals surface area contributed by atoms with Crippen LogP contribution >= 0.6 is 0 Å². The van der Waals surface area contributed by atoms with Crippen molar-refractivity contribution in [3.05, 3.63) is 33.9 Å². The zero-order valence-corrected chi connectivity index (χ0v) is 13.6. The largest absolute Gasteiger partial charge is 0.326 e. The molecule has 1 amide bonds. The predicted molar refractivity (Wildman–Crippen MR) is 88.1 cm³/mol. The van der Waals surface area contributed by atoms with E-state index in [4.69, 9.17) is 0 Å². The molecule has 0 unspecified atom stereocenters. The molecule has 0 aliphatic rings. The number of nitrogens with one attached hydrogen (secondary N) is 1. The molecule has 22 heavy (non-hydrogen) atoms. The molecule has 0 heterocycles. The number of non-ortho nitro benzene ring substituents is 1. The number of rotatable bonds is 9. The lowest BCUT2D eigenvalue weighted by molar-refractivity contribution is -0.384. The summed E-state index contributed by atoms with van der Waals surface area (Å²) in [5.41, 5.74) is 1.36. The SMILES string of the molecule is CCCN(CCC)CCC(=O)Nc1ccc([N+](=O)[O-])cc1C. The number of anilines is 1. The van der Waals surface area contributed by atoms with E-state index < -0.39 is 4.92 Å².